The molecule has 1 aliphatic carbocycles. The lowest BCUT2D eigenvalue weighted by Crippen LogP contribution is -2.42. The largest absolute Gasteiger partial charge is 0.494 e. The number of ether oxygens (including phenoxy) is 2. The fourth-order valence-corrected chi connectivity index (χ4v) is 7.11. The van der Waals surface area contributed by atoms with E-state index in [1.165, 1.54) is 22.9 Å². The van der Waals surface area contributed by atoms with Crippen LogP contribution in [0.3, 0.4) is 0 Å². The molecule has 0 radical (unpaired) electrons. The Hall–Kier alpha value is -3.23. The second kappa shape index (κ2) is 15.1. The number of esters is 1. The summed E-state index contributed by atoms with van der Waals surface area (Å²) >= 11 is 0. The van der Waals surface area contributed by atoms with Crippen LogP contribution in [0.4, 0.5) is 4.39 Å². The van der Waals surface area contributed by atoms with Gasteiger partial charge in [0.2, 0.25) is 0 Å². The molecule has 0 bridgehead atoms. The lowest BCUT2D eigenvalue weighted by Gasteiger charge is -2.35. The first-order chi connectivity index (χ1) is 22.0. The van der Waals surface area contributed by atoms with Crippen LogP contribution in [0.5, 0.6) is 5.75 Å². The third-order valence-electron chi connectivity index (χ3n) is 10.1. The Morgan fingerprint density at radius 2 is 1.80 bits per heavy atom. The molecular formula is C38H53FN4O3. The quantitative estimate of drug-likeness (QED) is 0.200. The lowest BCUT2D eigenvalue weighted by molar-refractivity contribution is -0.151. The number of likely N-dealkylation sites (tertiary alicyclic amines) is 1. The van der Waals surface area contributed by atoms with Crippen molar-refractivity contribution in [3.63, 3.8) is 0 Å². The van der Waals surface area contributed by atoms with Crippen molar-refractivity contribution in [1.29, 1.82) is 0 Å². The normalized spacial score (nSPS) is 21.2. The van der Waals surface area contributed by atoms with Gasteiger partial charge in [-0.1, -0.05) is 24.3 Å². The number of benzene rings is 2. The number of hydrogen-bond acceptors (Lipinski definition) is 6. The van der Waals surface area contributed by atoms with Gasteiger partial charge in [-0.2, -0.15) is 5.10 Å². The van der Waals surface area contributed by atoms with Crippen molar-refractivity contribution < 1.29 is 18.7 Å². The molecule has 0 unspecified atom stereocenters. The summed E-state index contributed by atoms with van der Waals surface area (Å²) in [5.74, 6) is 1.45. The van der Waals surface area contributed by atoms with Crippen LogP contribution in [0.2, 0.25) is 0 Å². The molecule has 250 valence electrons. The van der Waals surface area contributed by atoms with E-state index in [9.17, 15) is 9.18 Å². The molecule has 0 N–H and O–H groups in total. The zero-order chi connectivity index (χ0) is 32.8. The second-order valence-electron chi connectivity index (χ2n) is 14.2. The van der Waals surface area contributed by atoms with Crippen molar-refractivity contribution >= 4 is 5.97 Å². The summed E-state index contributed by atoms with van der Waals surface area (Å²) in [5, 5.41) is 4.97. The summed E-state index contributed by atoms with van der Waals surface area (Å²) in [6.07, 6.45) is 6.64. The van der Waals surface area contributed by atoms with Crippen LogP contribution < -0.4 is 4.74 Å². The molecule has 3 atom stereocenters. The molecule has 1 aromatic heterocycles. The Labute approximate surface area is 275 Å². The van der Waals surface area contributed by atoms with Crippen LogP contribution >= 0.6 is 0 Å². The summed E-state index contributed by atoms with van der Waals surface area (Å²) < 4.78 is 28.0. The summed E-state index contributed by atoms with van der Waals surface area (Å²) in [7, 11) is 1.95. The molecule has 2 aromatic carbocycles. The SMILES string of the molecule is CCOc1ccc(Cc2nn(CC)cc2C2CCN(C[C@H]3C[C@H](OC(=O)CN(C)C(C)(C)C)C[C@@H]3c3cccc(F)c3)CC2)cc1. The maximum Gasteiger partial charge on any atom is 0.320 e. The van der Waals surface area contributed by atoms with E-state index < -0.39 is 0 Å². The first-order valence-corrected chi connectivity index (χ1v) is 17.2. The number of aromatic nitrogens is 2. The summed E-state index contributed by atoms with van der Waals surface area (Å²) in [6, 6.07) is 15.4. The zero-order valence-electron chi connectivity index (χ0n) is 28.7. The molecule has 1 aliphatic heterocycles. The van der Waals surface area contributed by atoms with Crippen LogP contribution in [0.1, 0.15) is 94.5 Å². The third-order valence-corrected chi connectivity index (χ3v) is 10.1. The number of rotatable bonds is 12. The van der Waals surface area contributed by atoms with E-state index in [1.807, 2.05) is 37.1 Å². The molecule has 1 saturated heterocycles. The van der Waals surface area contributed by atoms with Crippen molar-refractivity contribution in [1.82, 2.24) is 19.6 Å². The summed E-state index contributed by atoms with van der Waals surface area (Å²) in [6.45, 7) is 15.2. The van der Waals surface area contributed by atoms with E-state index >= 15 is 0 Å². The fourth-order valence-electron chi connectivity index (χ4n) is 7.11. The third kappa shape index (κ3) is 8.77. The van der Waals surface area contributed by atoms with Crippen LogP contribution in [-0.2, 0) is 22.5 Å². The Morgan fingerprint density at radius 1 is 1.07 bits per heavy atom. The topological polar surface area (TPSA) is 59.8 Å². The van der Waals surface area contributed by atoms with Crippen molar-refractivity contribution in [3.8, 4) is 5.75 Å². The minimum absolute atomic E-state index is 0.112. The summed E-state index contributed by atoms with van der Waals surface area (Å²) in [4.78, 5) is 17.5. The number of hydrogen-bond donors (Lipinski definition) is 0. The number of halogens is 1. The van der Waals surface area contributed by atoms with Gasteiger partial charge in [-0.05, 0) is 139 Å². The number of carbonyl (C=O) groups excluding carboxylic acids is 1. The van der Waals surface area contributed by atoms with E-state index in [2.05, 4.69) is 55.6 Å². The van der Waals surface area contributed by atoms with Gasteiger partial charge in [0.15, 0.2) is 0 Å². The monoisotopic (exact) mass is 632 g/mol. The highest BCUT2D eigenvalue weighted by molar-refractivity contribution is 5.72. The molecule has 8 heteroatoms. The molecule has 1 saturated carbocycles. The Balaban J connectivity index is 1.22. The van der Waals surface area contributed by atoms with Gasteiger partial charge in [-0.3, -0.25) is 14.4 Å². The van der Waals surface area contributed by atoms with Crippen molar-refractivity contribution in [2.75, 3.05) is 39.8 Å². The predicted molar refractivity (Wildman–Crippen MR) is 181 cm³/mol. The van der Waals surface area contributed by atoms with Crippen molar-refractivity contribution in [2.45, 2.75) is 96.7 Å². The maximum absolute atomic E-state index is 14.3. The second-order valence-corrected chi connectivity index (χ2v) is 14.2. The first-order valence-electron chi connectivity index (χ1n) is 17.2. The minimum atomic E-state index is -0.210. The molecule has 3 aromatic rings. The number of carbonyl (C=O) groups is 1. The predicted octanol–water partition coefficient (Wildman–Crippen LogP) is 7.05. The average molecular weight is 633 g/mol. The van der Waals surface area contributed by atoms with E-state index in [4.69, 9.17) is 14.6 Å². The molecule has 46 heavy (non-hydrogen) atoms. The van der Waals surface area contributed by atoms with E-state index in [1.54, 1.807) is 12.1 Å². The van der Waals surface area contributed by atoms with Gasteiger partial charge >= 0.3 is 5.97 Å². The van der Waals surface area contributed by atoms with E-state index in [0.717, 1.165) is 69.6 Å². The van der Waals surface area contributed by atoms with E-state index in [-0.39, 0.29) is 35.9 Å². The molecule has 2 fully saturated rings. The molecule has 2 heterocycles. The van der Waals surface area contributed by atoms with Crippen LogP contribution in [0.15, 0.2) is 54.7 Å². The van der Waals surface area contributed by atoms with Gasteiger partial charge in [-0.25, -0.2) is 4.39 Å². The van der Waals surface area contributed by atoms with Gasteiger partial charge in [0.05, 0.1) is 18.8 Å². The van der Waals surface area contributed by atoms with Gasteiger partial charge in [0.25, 0.3) is 0 Å². The number of likely N-dealkylation sites (N-methyl/N-ethyl adjacent to an activating group) is 1. The lowest BCUT2D eigenvalue weighted by atomic mass is 9.86. The molecule has 0 amide bonds. The van der Waals surface area contributed by atoms with Crippen molar-refractivity contribution in [3.05, 3.63) is 82.9 Å². The van der Waals surface area contributed by atoms with Crippen LogP contribution in [-0.4, -0.2) is 77.0 Å². The Kier molecular flexibility index (Phi) is 11.2. The van der Waals surface area contributed by atoms with Gasteiger partial charge in [0.1, 0.15) is 17.7 Å². The first kappa shape index (κ1) is 34.1. The van der Waals surface area contributed by atoms with Crippen molar-refractivity contribution in [2.24, 2.45) is 5.92 Å². The Morgan fingerprint density at radius 3 is 2.46 bits per heavy atom. The molecular weight excluding hydrogens is 579 g/mol. The van der Waals surface area contributed by atoms with Gasteiger partial charge in [-0.15, -0.1) is 0 Å². The van der Waals surface area contributed by atoms with Gasteiger partial charge in [0, 0.05) is 31.2 Å². The summed E-state index contributed by atoms with van der Waals surface area (Å²) in [5.41, 5.74) is 4.69. The Bertz CT molecular complexity index is 1420. The fraction of sp³-hybridized carbons (Fsp3) is 0.579. The standard InChI is InChI=1S/C38H53FN4O3/c1-7-43-25-35(36(40-43)20-27-12-14-32(15-13-27)45-8-2)28-16-18-42(19-17-28)24-30-22-33(46-37(44)26-41(6)38(3,4)5)23-34(30)29-10-9-11-31(39)21-29/h9-15,21,25,28,30,33-34H,7-8,16-20,22-24,26H2,1-6H3/t30-,33+,34-/m1/s1. The van der Waals surface area contributed by atoms with Crippen LogP contribution in [0, 0.1) is 11.7 Å². The number of piperidine rings is 1. The van der Waals surface area contributed by atoms with E-state index in [0.29, 0.717) is 18.4 Å². The molecule has 5 rings (SSSR count). The smallest absolute Gasteiger partial charge is 0.320 e. The minimum Gasteiger partial charge on any atom is -0.494 e. The highest BCUT2D eigenvalue weighted by Crippen LogP contribution is 2.43. The zero-order valence-corrected chi connectivity index (χ0v) is 28.7. The number of nitrogens with zero attached hydrogens (tertiary/aromatic N) is 4. The highest BCUT2D eigenvalue weighted by atomic mass is 19.1. The highest BCUT2D eigenvalue weighted by Gasteiger charge is 2.39. The molecule has 2 aliphatic rings. The molecule has 7 nitrogen and oxygen atoms in total. The maximum atomic E-state index is 14.3. The van der Waals surface area contributed by atoms with Crippen LogP contribution in [0.25, 0.3) is 0 Å². The van der Waals surface area contributed by atoms with Gasteiger partial charge < -0.3 is 14.4 Å². The average Bonchev–Trinajstić information content (AvgIpc) is 3.61. The molecule has 0 spiro atoms. The number of aryl methyl sites for hydroxylation is 1.